The molecular weight excluding hydrogens is 62.1 g/mol. The highest BCUT2D eigenvalue weighted by atomic mass is 15.0. The van der Waals surface area contributed by atoms with Crippen molar-refractivity contribution < 1.29 is 0 Å². The van der Waals surface area contributed by atoms with Crippen molar-refractivity contribution in [2.24, 2.45) is 0 Å². The molecule has 0 aliphatic heterocycles. The average molecular weight is 72.1 g/mol. The van der Waals surface area contributed by atoms with E-state index in [1.165, 1.54) is 0 Å². The molecule has 0 aliphatic rings. The van der Waals surface area contributed by atoms with E-state index in [-0.39, 0.29) is 0 Å². The lowest BCUT2D eigenvalue weighted by Gasteiger charge is -1.94. The molecule has 0 spiro atoms. The van der Waals surface area contributed by atoms with Crippen molar-refractivity contribution in [2.45, 2.75) is 0 Å². The molecule has 0 fully saturated rings. The molecule has 1 heteroatoms. The standard InChI is InChI=1S/C4H10N/c1-4-5(2)3/h1,4H2,2-3H3/q+1. The number of hydrogen-bond donors (Lipinski definition) is 0. The van der Waals surface area contributed by atoms with Gasteiger partial charge in [-0.15, -0.1) is 0 Å². The lowest BCUT2D eigenvalue weighted by Crippen LogP contribution is -2.08. The van der Waals surface area contributed by atoms with Crippen molar-refractivity contribution in [3.8, 4) is 0 Å². The summed E-state index contributed by atoms with van der Waals surface area (Å²) in [6.45, 7) is 4.50. The molecule has 0 amide bonds. The van der Waals surface area contributed by atoms with Crippen molar-refractivity contribution in [2.75, 3.05) is 20.6 Å². The quantitative estimate of drug-likeness (QED) is 0.405. The summed E-state index contributed by atoms with van der Waals surface area (Å²) in [5.74, 6) is 0. The van der Waals surface area contributed by atoms with Crippen LogP contribution in [-0.2, 0) is 0 Å². The molecule has 0 N–H and O–H groups in total. The molecule has 0 aliphatic carbocycles. The second-order valence-corrected chi connectivity index (χ2v) is 1.30. The van der Waals surface area contributed by atoms with E-state index in [2.05, 4.69) is 6.92 Å². The molecule has 0 heterocycles. The summed E-state index contributed by atoms with van der Waals surface area (Å²) in [7, 11) is 3.99. The minimum absolute atomic E-state index is 0.889. The Kier molecular flexibility index (Phi) is 2.02. The van der Waals surface area contributed by atoms with Crippen LogP contribution in [-0.4, -0.2) is 25.5 Å². The Morgan fingerprint density at radius 2 is 1.80 bits per heavy atom. The van der Waals surface area contributed by atoms with Crippen LogP contribution in [0.25, 0.3) is 0 Å². The second-order valence-electron chi connectivity index (χ2n) is 1.30. The summed E-state index contributed by atoms with van der Waals surface area (Å²) in [6, 6.07) is 0. The van der Waals surface area contributed by atoms with Crippen LogP contribution in [0.3, 0.4) is 0 Å². The first-order valence-corrected chi connectivity index (χ1v) is 1.71. The second kappa shape index (κ2) is 2.09. The summed E-state index contributed by atoms with van der Waals surface area (Å²) in [5, 5.41) is 0. The van der Waals surface area contributed by atoms with Gasteiger partial charge in [-0.25, -0.2) is 0 Å². The van der Waals surface area contributed by atoms with Gasteiger partial charge >= 0.3 is 0 Å². The van der Waals surface area contributed by atoms with Gasteiger partial charge in [0, 0.05) is 0 Å². The van der Waals surface area contributed by atoms with Gasteiger partial charge in [-0.3, -0.25) is 4.90 Å². The Morgan fingerprint density at radius 1 is 1.60 bits per heavy atom. The molecule has 0 saturated heterocycles. The molecule has 30 valence electrons. The van der Waals surface area contributed by atoms with E-state index in [1.807, 2.05) is 19.0 Å². The third kappa shape index (κ3) is 3.83. The number of rotatable bonds is 1. The Labute approximate surface area is 33.6 Å². The molecule has 0 unspecified atom stereocenters. The van der Waals surface area contributed by atoms with Gasteiger partial charge in [-0.1, -0.05) is 0 Å². The van der Waals surface area contributed by atoms with Gasteiger partial charge in [0.25, 0.3) is 0 Å². The fourth-order valence-electron chi connectivity index (χ4n) is 0. The largest absolute Gasteiger partial charge is 0.272 e. The van der Waals surface area contributed by atoms with Gasteiger partial charge in [-0.2, -0.15) is 0 Å². The minimum atomic E-state index is 0.889. The first kappa shape index (κ1) is 4.83. The molecule has 1 nitrogen and oxygen atoms in total. The van der Waals surface area contributed by atoms with Crippen molar-refractivity contribution in [1.29, 1.82) is 0 Å². The predicted octanol–water partition coefficient (Wildman–Crippen LogP) is 0.382. The minimum Gasteiger partial charge on any atom is -0.272 e. The fourth-order valence-corrected chi connectivity index (χ4v) is 0. The predicted molar refractivity (Wildman–Crippen MR) is 23.9 cm³/mol. The Bertz CT molecular complexity index is 17.6. The lowest BCUT2D eigenvalue weighted by atomic mass is 10.7. The van der Waals surface area contributed by atoms with Gasteiger partial charge in [0.1, 0.15) is 6.54 Å². The molecule has 0 aromatic rings. The van der Waals surface area contributed by atoms with Crippen LogP contribution >= 0.6 is 0 Å². The number of hydrogen-bond acceptors (Lipinski definition) is 1. The van der Waals surface area contributed by atoms with Gasteiger partial charge in [0.15, 0.2) is 0 Å². The van der Waals surface area contributed by atoms with Crippen LogP contribution in [0.15, 0.2) is 0 Å². The van der Waals surface area contributed by atoms with Crippen molar-refractivity contribution in [1.82, 2.24) is 4.90 Å². The van der Waals surface area contributed by atoms with E-state index >= 15 is 0 Å². The maximum absolute atomic E-state index is 3.61. The third-order valence-electron chi connectivity index (χ3n) is 0.447. The van der Waals surface area contributed by atoms with Crippen LogP contribution in [0.2, 0.25) is 0 Å². The summed E-state index contributed by atoms with van der Waals surface area (Å²) in [4.78, 5) is 2.01. The van der Waals surface area contributed by atoms with Crippen LogP contribution in [0, 0.1) is 6.92 Å². The maximum atomic E-state index is 3.61. The topological polar surface area (TPSA) is 3.24 Å². The zero-order valence-electron chi connectivity index (χ0n) is 3.86. The van der Waals surface area contributed by atoms with Crippen molar-refractivity contribution in [3.05, 3.63) is 6.92 Å². The van der Waals surface area contributed by atoms with Crippen molar-refractivity contribution in [3.63, 3.8) is 0 Å². The van der Waals surface area contributed by atoms with Gasteiger partial charge in [-0.05, 0) is 14.1 Å². The molecule has 0 aromatic heterocycles. The summed E-state index contributed by atoms with van der Waals surface area (Å²) >= 11 is 0. The van der Waals surface area contributed by atoms with Crippen molar-refractivity contribution >= 4 is 0 Å². The van der Waals surface area contributed by atoms with E-state index in [0.29, 0.717) is 0 Å². The highest BCUT2D eigenvalue weighted by Crippen LogP contribution is 1.63. The molecule has 0 saturated carbocycles. The molecule has 0 atom stereocenters. The highest BCUT2D eigenvalue weighted by Gasteiger charge is 1.79. The molecule has 0 aromatic carbocycles. The zero-order valence-corrected chi connectivity index (χ0v) is 3.86. The SMILES string of the molecule is [CH2+]CN(C)C. The third-order valence-corrected chi connectivity index (χ3v) is 0.447. The van der Waals surface area contributed by atoms with Crippen LogP contribution < -0.4 is 0 Å². The van der Waals surface area contributed by atoms with E-state index < -0.39 is 0 Å². The smallest absolute Gasteiger partial charge is 0.138 e. The molecular formula is C4H10N+. The first-order valence-electron chi connectivity index (χ1n) is 1.71. The van der Waals surface area contributed by atoms with Gasteiger partial charge < -0.3 is 0 Å². The Balaban J connectivity index is 2.54. The average Bonchev–Trinajstić information content (AvgIpc) is 1.38. The molecule has 5 heavy (non-hydrogen) atoms. The van der Waals surface area contributed by atoms with E-state index in [4.69, 9.17) is 0 Å². The van der Waals surface area contributed by atoms with Crippen LogP contribution in [0.4, 0.5) is 0 Å². The molecule has 0 bridgehead atoms. The summed E-state index contributed by atoms with van der Waals surface area (Å²) in [5.41, 5.74) is 0. The Hall–Kier alpha value is -0.170. The van der Waals surface area contributed by atoms with E-state index in [0.717, 1.165) is 6.54 Å². The van der Waals surface area contributed by atoms with Gasteiger partial charge in [0.05, 0.1) is 6.92 Å². The maximum Gasteiger partial charge on any atom is 0.138 e. The fraction of sp³-hybridized carbons (Fsp3) is 0.750. The molecule has 0 radical (unpaired) electrons. The van der Waals surface area contributed by atoms with Crippen LogP contribution in [0.1, 0.15) is 0 Å². The first-order chi connectivity index (χ1) is 2.27. The lowest BCUT2D eigenvalue weighted by molar-refractivity contribution is 0.455. The molecule has 0 rings (SSSR count). The normalized spacial score (nSPS) is 9.40. The highest BCUT2D eigenvalue weighted by molar-refractivity contribution is 4.39. The van der Waals surface area contributed by atoms with E-state index in [9.17, 15) is 0 Å². The monoisotopic (exact) mass is 72.1 g/mol. The Morgan fingerprint density at radius 3 is 1.80 bits per heavy atom. The van der Waals surface area contributed by atoms with E-state index in [1.54, 1.807) is 0 Å². The van der Waals surface area contributed by atoms with Gasteiger partial charge in [0.2, 0.25) is 0 Å². The summed E-state index contributed by atoms with van der Waals surface area (Å²) < 4.78 is 0. The zero-order chi connectivity index (χ0) is 4.28. The summed E-state index contributed by atoms with van der Waals surface area (Å²) in [6.07, 6.45) is 0. The number of nitrogens with zero attached hydrogens (tertiary/aromatic N) is 1. The van der Waals surface area contributed by atoms with Crippen LogP contribution in [0.5, 0.6) is 0 Å².